The molecule has 0 aliphatic carbocycles. The van der Waals surface area contributed by atoms with Crippen molar-refractivity contribution in [2.45, 2.75) is 18.2 Å². The number of benzene rings is 2. The molecule has 0 bridgehead atoms. The van der Waals surface area contributed by atoms with Crippen LogP contribution in [0, 0.1) is 12.7 Å². The molecule has 1 amide bonds. The van der Waals surface area contributed by atoms with Crippen LogP contribution in [0.4, 0.5) is 10.1 Å². The third-order valence-corrected chi connectivity index (χ3v) is 8.11. The predicted octanol–water partition coefficient (Wildman–Crippen LogP) is 3.65. The molecule has 1 N–H and O–H groups in total. The molecular weight excluding hydrogens is 451 g/mol. The highest BCUT2D eigenvalue weighted by atomic mass is 32.2. The molecule has 5 rings (SSSR count). The maximum atomic E-state index is 13.3. The Morgan fingerprint density at radius 2 is 1.91 bits per heavy atom. The van der Waals surface area contributed by atoms with E-state index in [1.807, 2.05) is 13.0 Å². The molecule has 4 aromatic rings. The number of carbonyl (C=O) groups is 1. The van der Waals surface area contributed by atoms with Gasteiger partial charge in [0.2, 0.25) is 10.0 Å². The van der Waals surface area contributed by atoms with Gasteiger partial charge in [-0.3, -0.25) is 4.79 Å². The largest absolute Gasteiger partial charge is 0.307 e. The van der Waals surface area contributed by atoms with Crippen LogP contribution in [-0.2, 0) is 16.4 Å². The van der Waals surface area contributed by atoms with E-state index in [9.17, 15) is 17.6 Å². The van der Waals surface area contributed by atoms with Crippen LogP contribution >= 0.6 is 11.3 Å². The Kier molecular flexibility index (Phi) is 4.88. The molecule has 32 heavy (non-hydrogen) atoms. The number of aromatic nitrogens is 2. The molecule has 0 radical (unpaired) electrons. The monoisotopic (exact) mass is 470 g/mol. The molecule has 1 aliphatic rings. The van der Waals surface area contributed by atoms with Gasteiger partial charge >= 0.3 is 0 Å². The van der Waals surface area contributed by atoms with Crippen LogP contribution in [-0.4, -0.2) is 37.7 Å². The van der Waals surface area contributed by atoms with Gasteiger partial charge in [-0.2, -0.15) is 5.10 Å². The maximum Gasteiger partial charge on any atom is 0.268 e. The number of fused-ring (bicyclic) bond motifs is 2. The summed E-state index contributed by atoms with van der Waals surface area (Å²) in [5.41, 5.74) is 3.04. The van der Waals surface area contributed by atoms with E-state index in [0.29, 0.717) is 17.8 Å². The molecule has 0 spiro atoms. The lowest BCUT2D eigenvalue weighted by molar-refractivity contribution is 0.0993. The fourth-order valence-electron chi connectivity index (χ4n) is 3.92. The maximum absolute atomic E-state index is 13.3. The highest BCUT2D eigenvalue weighted by Crippen LogP contribution is 2.35. The van der Waals surface area contributed by atoms with E-state index < -0.39 is 10.0 Å². The summed E-state index contributed by atoms with van der Waals surface area (Å²) in [6.45, 7) is 2.35. The fourth-order valence-corrected chi connectivity index (χ4v) is 5.83. The van der Waals surface area contributed by atoms with Crippen molar-refractivity contribution >= 4 is 43.2 Å². The molecule has 7 nitrogen and oxygen atoms in total. The summed E-state index contributed by atoms with van der Waals surface area (Å²) >= 11 is 1.33. The Hall–Kier alpha value is -3.08. The van der Waals surface area contributed by atoms with E-state index in [1.54, 1.807) is 33.8 Å². The summed E-state index contributed by atoms with van der Waals surface area (Å²) in [5, 5.41) is 5.41. The number of hydrogen-bond acceptors (Lipinski definition) is 5. The molecule has 164 valence electrons. The third-order valence-electron chi connectivity index (χ3n) is 5.60. The predicted molar refractivity (Wildman–Crippen MR) is 122 cm³/mol. The van der Waals surface area contributed by atoms with E-state index in [0.717, 1.165) is 32.8 Å². The number of aryl methyl sites for hydroxylation is 1. The normalized spacial score (nSPS) is 13.7. The minimum Gasteiger partial charge on any atom is -0.307 e. The van der Waals surface area contributed by atoms with E-state index >= 15 is 0 Å². The first-order valence-electron chi connectivity index (χ1n) is 9.92. The van der Waals surface area contributed by atoms with E-state index in [2.05, 4.69) is 9.82 Å². The Balaban J connectivity index is 1.51. The number of nitrogens with zero attached hydrogens (tertiary/aromatic N) is 3. The fraction of sp³-hybridized carbons (Fsp3) is 0.182. The van der Waals surface area contributed by atoms with Gasteiger partial charge in [-0.25, -0.2) is 22.2 Å². The van der Waals surface area contributed by atoms with E-state index in [1.165, 1.54) is 36.6 Å². The highest BCUT2D eigenvalue weighted by Gasteiger charge is 2.29. The zero-order valence-corrected chi connectivity index (χ0v) is 18.9. The average Bonchev–Trinajstić information content (AvgIpc) is 3.48. The third kappa shape index (κ3) is 3.31. The SMILES string of the molecule is CNS(=O)(=O)c1ccc2c(c1)CCN2C(=O)c1cc2c(C)nn(-c3ccc(F)cc3)c2s1. The van der Waals surface area contributed by atoms with Gasteiger partial charge < -0.3 is 4.90 Å². The van der Waals surface area contributed by atoms with Gasteiger partial charge in [0.1, 0.15) is 10.6 Å². The number of nitrogens with one attached hydrogen (secondary N) is 1. The van der Waals surface area contributed by atoms with Gasteiger partial charge in [-0.05, 0) is 74.5 Å². The van der Waals surface area contributed by atoms with E-state index in [4.69, 9.17) is 0 Å². The van der Waals surface area contributed by atoms with Crippen molar-refractivity contribution in [3.05, 3.63) is 70.5 Å². The lowest BCUT2D eigenvalue weighted by Gasteiger charge is -2.16. The van der Waals surface area contributed by atoms with Crippen molar-refractivity contribution in [1.82, 2.24) is 14.5 Å². The molecule has 0 saturated heterocycles. The molecule has 2 aromatic heterocycles. The number of carbonyl (C=O) groups excluding carboxylic acids is 1. The molecule has 2 aromatic carbocycles. The summed E-state index contributed by atoms with van der Waals surface area (Å²) in [7, 11) is -2.17. The second-order valence-electron chi connectivity index (χ2n) is 7.51. The molecule has 10 heteroatoms. The van der Waals surface area contributed by atoms with Crippen molar-refractivity contribution in [1.29, 1.82) is 0 Å². The number of amides is 1. The highest BCUT2D eigenvalue weighted by molar-refractivity contribution is 7.89. The smallest absolute Gasteiger partial charge is 0.268 e. The van der Waals surface area contributed by atoms with Gasteiger partial charge in [0.15, 0.2) is 0 Å². The molecule has 3 heterocycles. The lowest BCUT2D eigenvalue weighted by atomic mass is 10.2. The number of rotatable bonds is 4. The van der Waals surface area contributed by atoms with Crippen molar-refractivity contribution in [2.24, 2.45) is 0 Å². The summed E-state index contributed by atoms with van der Waals surface area (Å²) in [6, 6.07) is 12.7. The molecule has 0 saturated carbocycles. The number of anilines is 1. The summed E-state index contributed by atoms with van der Waals surface area (Å²) in [4.78, 5) is 16.6. The molecule has 0 fully saturated rings. The molecule has 0 atom stereocenters. The molecular formula is C22H19FN4O3S2. The topological polar surface area (TPSA) is 84.3 Å². The quantitative estimate of drug-likeness (QED) is 0.494. The second-order valence-corrected chi connectivity index (χ2v) is 10.4. The first-order valence-corrected chi connectivity index (χ1v) is 12.2. The van der Waals surface area contributed by atoms with Crippen LogP contribution in [0.5, 0.6) is 0 Å². The Morgan fingerprint density at radius 3 is 2.62 bits per heavy atom. The average molecular weight is 471 g/mol. The van der Waals surface area contributed by atoms with Gasteiger partial charge in [0.05, 0.1) is 21.2 Å². The van der Waals surface area contributed by atoms with Crippen LogP contribution in [0.2, 0.25) is 0 Å². The van der Waals surface area contributed by atoms with Crippen molar-refractivity contribution in [3.63, 3.8) is 0 Å². The number of halogens is 1. The van der Waals surface area contributed by atoms with Gasteiger partial charge in [0, 0.05) is 17.6 Å². The minimum atomic E-state index is -3.54. The Morgan fingerprint density at radius 1 is 1.16 bits per heavy atom. The van der Waals surface area contributed by atoms with E-state index in [-0.39, 0.29) is 16.6 Å². The summed E-state index contributed by atoms with van der Waals surface area (Å²) < 4.78 is 41.5. The van der Waals surface area contributed by atoms with Crippen LogP contribution in [0.25, 0.3) is 15.9 Å². The van der Waals surface area contributed by atoms with Gasteiger partial charge in [-0.15, -0.1) is 11.3 Å². The molecule has 1 aliphatic heterocycles. The van der Waals surface area contributed by atoms with Gasteiger partial charge in [0.25, 0.3) is 5.91 Å². The minimum absolute atomic E-state index is 0.140. The van der Waals surface area contributed by atoms with Crippen LogP contribution in [0.15, 0.2) is 53.4 Å². The lowest BCUT2D eigenvalue weighted by Crippen LogP contribution is -2.28. The zero-order valence-electron chi connectivity index (χ0n) is 17.3. The van der Waals surface area contributed by atoms with Crippen molar-refractivity contribution in [2.75, 3.05) is 18.5 Å². The first kappa shape index (κ1) is 20.8. The first-order chi connectivity index (χ1) is 15.3. The second kappa shape index (κ2) is 7.51. The number of sulfonamides is 1. The summed E-state index contributed by atoms with van der Waals surface area (Å²) in [5.74, 6) is -0.464. The zero-order chi connectivity index (χ0) is 22.6. The number of thiophene rings is 1. The standard InChI is InChI=1S/C22H19FN4O3S2/c1-13-18-12-20(31-22(18)27(25-13)16-5-3-15(23)4-6-16)21(28)26-10-9-14-11-17(7-8-19(14)26)32(29,30)24-2/h3-8,11-12,24H,9-10H2,1-2H3. The number of hydrogen-bond donors (Lipinski definition) is 1. The Labute approximate surface area is 188 Å². The molecule has 0 unspecified atom stereocenters. The van der Waals surface area contributed by atoms with Crippen LogP contribution < -0.4 is 9.62 Å². The van der Waals surface area contributed by atoms with Crippen molar-refractivity contribution < 1.29 is 17.6 Å². The van der Waals surface area contributed by atoms with Crippen molar-refractivity contribution in [3.8, 4) is 5.69 Å². The van der Waals surface area contributed by atoms with Crippen LogP contribution in [0.3, 0.4) is 0 Å². The van der Waals surface area contributed by atoms with Gasteiger partial charge in [-0.1, -0.05) is 0 Å². The summed E-state index contributed by atoms with van der Waals surface area (Å²) in [6.07, 6.45) is 0.585. The Bertz CT molecular complexity index is 1470. The van der Waals surface area contributed by atoms with Crippen LogP contribution in [0.1, 0.15) is 20.9 Å².